The Morgan fingerprint density at radius 2 is 1.71 bits per heavy atom. The van der Waals surface area contributed by atoms with Crippen molar-refractivity contribution < 1.29 is 14.3 Å². The molecule has 2 aromatic carbocycles. The van der Waals surface area contributed by atoms with Crippen LogP contribution < -0.4 is 9.47 Å². The second-order valence-corrected chi connectivity index (χ2v) is 9.36. The number of hydrogen-bond donors (Lipinski definition) is 0. The summed E-state index contributed by atoms with van der Waals surface area (Å²) in [5.74, 6) is 1.42. The van der Waals surface area contributed by atoms with Gasteiger partial charge in [-0.3, -0.25) is 0 Å². The van der Waals surface area contributed by atoms with E-state index in [0.29, 0.717) is 17.1 Å². The van der Waals surface area contributed by atoms with Crippen LogP contribution in [-0.4, -0.2) is 22.0 Å². The molecule has 0 radical (unpaired) electrons. The van der Waals surface area contributed by atoms with Crippen molar-refractivity contribution >= 4 is 21.9 Å². The SMILES string of the molecule is CCCCCCC(C)Oc1ccc(C(=O)Oc2ccc(-c3ncc(CCC)cn3)cc2)cc1Br. The van der Waals surface area contributed by atoms with Gasteiger partial charge in [-0.05, 0) is 90.1 Å². The standard InChI is InChI=1S/C28H33BrN2O3/c1-4-6-7-8-10-20(3)33-26-16-13-23(17-25(26)29)28(32)34-24-14-11-22(12-15-24)27-30-18-21(9-5-2)19-31-27/h11-20H,4-10H2,1-3H3. The number of carbonyl (C=O) groups is 1. The summed E-state index contributed by atoms with van der Waals surface area (Å²) in [5, 5.41) is 0. The normalized spacial score (nSPS) is 11.8. The number of halogens is 1. The van der Waals surface area contributed by atoms with E-state index in [9.17, 15) is 4.79 Å². The van der Waals surface area contributed by atoms with Crippen molar-refractivity contribution in [2.24, 2.45) is 0 Å². The first-order valence-electron chi connectivity index (χ1n) is 12.1. The zero-order valence-electron chi connectivity index (χ0n) is 20.2. The van der Waals surface area contributed by atoms with Gasteiger partial charge >= 0.3 is 5.97 Å². The van der Waals surface area contributed by atoms with Gasteiger partial charge in [0.15, 0.2) is 5.82 Å². The molecule has 3 rings (SSSR count). The zero-order chi connectivity index (χ0) is 24.3. The van der Waals surface area contributed by atoms with E-state index >= 15 is 0 Å². The number of unbranched alkanes of at least 4 members (excludes halogenated alkanes) is 3. The van der Waals surface area contributed by atoms with Crippen molar-refractivity contribution in [2.45, 2.75) is 71.8 Å². The van der Waals surface area contributed by atoms with Crippen LogP contribution in [0.4, 0.5) is 0 Å². The number of esters is 1. The molecule has 0 spiro atoms. The Kier molecular flexibility index (Phi) is 10.1. The average Bonchev–Trinajstić information content (AvgIpc) is 2.84. The summed E-state index contributed by atoms with van der Waals surface area (Å²) >= 11 is 3.53. The summed E-state index contributed by atoms with van der Waals surface area (Å²) in [4.78, 5) is 21.5. The monoisotopic (exact) mass is 524 g/mol. The molecule has 180 valence electrons. The quantitative estimate of drug-likeness (QED) is 0.137. The molecule has 3 aromatic rings. The first-order valence-corrected chi connectivity index (χ1v) is 12.9. The lowest BCUT2D eigenvalue weighted by atomic mass is 10.1. The highest BCUT2D eigenvalue weighted by Crippen LogP contribution is 2.28. The number of aryl methyl sites for hydroxylation is 1. The van der Waals surface area contributed by atoms with Crippen molar-refractivity contribution in [3.63, 3.8) is 0 Å². The van der Waals surface area contributed by atoms with Gasteiger partial charge < -0.3 is 9.47 Å². The molecule has 0 saturated heterocycles. The van der Waals surface area contributed by atoms with Crippen LogP contribution in [0, 0.1) is 0 Å². The van der Waals surface area contributed by atoms with E-state index in [4.69, 9.17) is 9.47 Å². The molecular formula is C28H33BrN2O3. The lowest BCUT2D eigenvalue weighted by molar-refractivity contribution is 0.0734. The number of benzene rings is 2. The number of rotatable bonds is 12. The molecule has 0 aliphatic carbocycles. The fraction of sp³-hybridized carbons (Fsp3) is 0.393. The second kappa shape index (κ2) is 13.2. The van der Waals surface area contributed by atoms with Crippen LogP contribution in [0.15, 0.2) is 59.3 Å². The molecule has 1 atom stereocenters. The highest BCUT2D eigenvalue weighted by molar-refractivity contribution is 9.10. The fourth-order valence-corrected chi connectivity index (χ4v) is 4.09. The van der Waals surface area contributed by atoms with Gasteiger partial charge in [-0.2, -0.15) is 0 Å². The van der Waals surface area contributed by atoms with E-state index in [0.717, 1.165) is 47.0 Å². The maximum atomic E-state index is 12.6. The van der Waals surface area contributed by atoms with Crippen molar-refractivity contribution in [1.29, 1.82) is 0 Å². The third-order valence-electron chi connectivity index (χ3n) is 5.53. The second-order valence-electron chi connectivity index (χ2n) is 8.50. The lowest BCUT2D eigenvalue weighted by Gasteiger charge is -2.16. The fourth-order valence-electron chi connectivity index (χ4n) is 3.62. The first-order chi connectivity index (χ1) is 16.5. The molecule has 1 heterocycles. The third-order valence-corrected chi connectivity index (χ3v) is 6.15. The zero-order valence-corrected chi connectivity index (χ0v) is 21.8. The molecule has 0 N–H and O–H groups in total. The van der Waals surface area contributed by atoms with Crippen molar-refractivity contribution in [3.05, 3.63) is 70.5 Å². The van der Waals surface area contributed by atoms with E-state index in [1.807, 2.05) is 30.6 Å². The van der Waals surface area contributed by atoms with E-state index in [2.05, 4.69) is 46.7 Å². The van der Waals surface area contributed by atoms with Crippen LogP contribution in [0.2, 0.25) is 0 Å². The van der Waals surface area contributed by atoms with Crippen molar-refractivity contribution in [1.82, 2.24) is 9.97 Å². The Morgan fingerprint density at radius 3 is 2.35 bits per heavy atom. The summed E-state index contributed by atoms with van der Waals surface area (Å²) in [6, 6.07) is 12.5. The Morgan fingerprint density at radius 1 is 0.971 bits per heavy atom. The molecular weight excluding hydrogens is 492 g/mol. The van der Waals surface area contributed by atoms with Gasteiger partial charge in [0.25, 0.3) is 0 Å². The summed E-state index contributed by atoms with van der Waals surface area (Å²) in [6.07, 6.45) is 11.8. The number of carbonyl (C=O) groups excluding carboxylic acids is 1. The van der Waals surface area contributed by atoms with E-state index < -0.39 is 5.97 Å². The van der Waals surface area contributed by atoms with E-state index in [1.54, 1.807) is 24.3 Å². The molecule has 0 amide bonds. The molecule has 0 aliphatic rings. The Hall–Kier alpha value is -2.73. The molecule has 34 heavy (non-hydrogen) atoms. The van der Waals surface area contributed by atoms with Crippen molar-refractivity contribution in [3.8, 4) is 22.9 Å². The number of nitrogens with zero attached hydrogens (tertiary/aromatic N) is 2. The van der Waals surface area contributed by atoms with Crippen LogP contribution in [0.5, 0.6) is 11.5 Å². The van der Waals surface area contributed by atoms with Gasteiger partial charge in [0.1, 0.15) is 11.5 Å². The summed E-state index contributed by atoms with van der Waals surface area (Å²) in [7, 11) is 0. The van der Waals surface area contributed by atoms with Crippen LogP contribution >= 0.6 is 15.9 Å². The highest BCUT2D eigenvalue weighted by Gasteiger charge is 2.14. The van der Waals surface area contributed by atoms with Crippen LogP contribution in [0.25, 0.3) is 11.4 Å². The van der Waals surface area contributed by atoms with Gasteiger partial charge in [-0.1, -0.05) is 39.5 Å². The Balaban J connectivity index is 1.57. The molecule has 0 aliphatic heterocycles. The Labute approximate surface area is 211 Å². The minimum atomic E-state index is -0.423. The number of hydrogen-bond acceptors (Lipinski definition) is 5. The number of aromatic nitrogens is 2. The van der Waals surface area contributed by atoms with Crippen LogP contribution in [0.1, 0.15) is 75.2 Å². The van der Waals surface area contributed by atoms with Gasteiger partial charge in [-0.15, -0.1) is 0 Å². The van der Waals surface area contributed by atoms with Crippen LogP contribution in [0.3, 0.4) is 0 Å². The summed E-state index contributed by atoms with van der Waals surface area (Å²) < 4.78 is 12.3. The molecule has 5 nitrogen and oxygen atoms in total. The predicted octanol–water partition coefficient (Wildman–Crippen LogP) is 7.82. The smallest absolute Gasteiger partial charge is 0.343 e. The van der Waals surface area contributed by atoms with Gasteiger partial charge in [-0.25, -0.2) is 14.8 Å². The average molecular weight is 525 g/mol. The van der Waals surface area contributed by atoms with Gasteiger partial charge in [0.05, 0.1) is 16.1 Å². The molecule has 0 saturated carbocycles. The Bertz CT molecular complexity index is 1050. The van der Waals surface area contributed by atoms with Gasteiger partial charge in [0.2, 0.25) is 0 Å². The number of ether oxygens (including phenoxy) is 2. The first kappa shape index (κ1) is 25.9. The molecule has 1 aromatic heterocycles. The summed E-state index contributed by atoms with van der Waals surface area (Å²) in [6.45, 7) is 6.42. The maximum absolute atomic E-state index is 12.6. The molecule has 0 bridgehead atoms. The van der Waals surface area contributed by atoms with Crippen molar-refractivity contribution in [2.75, 3.05) is 0 Å². The minimum Gasteiger partial charge on any atom is -0.490 e. The van der Waals surface area contributed by atoms with Gasteiger partial charge in [0, 0.05) is 18.0 Å². The highest BCUT2D eigenvalue weighted by atomic mass is 79.9. The van der Waals surface area contributed by atoms with E-state index in [1.165, 1.54) is 19.3 Å². The minimum absolute atomic E-state index is 0.122. The predicted molar refractivity (Wildman–Crippen MR) is 139 cm³/mol. The summed E-state index contributed by atoms with van der Waals surface area (Å²) in [5.41, 5.74) is 2.45. The largest absolute Gasteiger partial charge is 0.490 e. The molecule has 1 unspecified atom stereocenters. The van der Waals surface area contributed by atoms with Crippen LogP contribution in [-0.2, 0) is 6.42 Å². The topological polar surface area (TPSA) is 61.3 Å². The third kappa shape index (κ3) is 7.66. The molecule has 0 fully saturated rings. The maximum Gasteiger partial charge on any atom is 0.343 e. The lowest BCUT2D eigenvalue weighted by Crippen LogP contribution is -2.13. The van der Waals surface area contributed by atoms with E-state index in [-0.39, 0.29) is 6.10 Å². The molecule has 6 heteroatoms.